The number of rotatable bonds is 63. The van der Waals surface area contributed by atoms with Gasteiger partial charge in [0.15, 0.2) is 6.10 Å². The Morgan fingerprint density at radius 3 is 0.762 bits per heavy atom. The lowest BCUT2D eigenvalue weighted by Gasteiger charge is -2.18. The lowest BCUT2D eigenvalue weighted by atomic mass is 10.0. The van der Waals surface area contributed by atoms with Crippen LogP contribution >= 0.6 is 0 Å². The van der Waals surface area contributed by atoms with Crippen LogP contribution in [0, 0.1) is 0 Å². The minimum atomic E-state index is -0.785. The molecular weight excluding hydrogens is 985 g/mol. The van der Waals surface area contributed by atoms with E-state index in [2.05, 4.69) is 106 Å². The standard InChI is InChI=1S/C74H130O6/c1-4-7-10-13-16-19-22-24-26-28-30-32-34-35-36-37-38-39-41-42-44-46-48-50-52-55-58-61-64-67-73(76)79-70-71(69-78-72(75)66-63-60-57-54-21-18-15-12-9-6-3)80-74(77)68-65-62-59-56-53-51-49-47-45-43-40-33-31-29-27-25-23-20-17-14-11-8-5-2/h12,15,22-25,28-31,34-35,40,43,71H,4-11,13-14,16-21,26-27,32-33,36-39,41-42,44-70H2,1-3H3/b15-12-,24-22-,25-23-,30-28-,31-29-,35-34-,43-40-. The van der Waals surface area contributed by atoms with Crippen LogP contribution in [-0.2, 0) is 28.6 Å². The molecule has 0 amide bonds. The number of unbranched alkanes of at least 4 members (excludes halogenated alkanes) is 38. The molecule has 1 unspecified atom stereocenters. The van der Waals surface area contributed by atoms with Gasteiger partial charge in [-0.3, -0.25) is 14.4 Å². The van der Waals surface area contributed by atoms with Crippen molar-refractivity contribution in [3.8, 4) is 0 Å². The van der Waals surface area contributed by atoms with Gasteiger partial charge in [-0.25, -0.2) is 0 Å². The van der Waals surface area contributed by atoms with Gasteiger partial charge in [-0.1, -0.05) is 298 Å². The van der Waals surface area contributed by atoms with Crippen LogP contribution in [0.4, 0.5) is 0 Å². The van der Waals surface area contributed by atoms with Crippen molar-refractivity contribution in [2.24, 2.45) is 0 Å². The average molecular weight is 1120 g/mol. The summed E-state index contributed by atoms with van der Waals surface area (Å²) >= 11 is 0. The van der Waals surface area contributed by atoms with Crippen molar-refractivity contribution in [2.75, 3.05) is 13.2 Å². The molecule has 0 aromatic rings. The van der Waals surface area contributed by atoms with Gasteiger partial charge < -0.3 is 14.2 Å². The summed E-state index contributed by atoms with van der Waals surface area (Å²) in [5.41, 5.74) is 0. The van der Waals surface area contributed by atoms with Crippen LogP contribution in [0.3, 0.4) is 0 Å². The molecule has 0 bridgehead atoms. The maximum absolute atomic E-state index is 12.9. The molecule has 0 aliphatic heterocycles. The van der Waals surface area contributed by atoms with Gasteiger partial charge in [0.1, 0.15) is 13.2 Å². The van der Waals surface area contributed by atoms with E-state index in [0.29, 0.717) is 19.3 Å². The fraction of sp³-hybridized carbons (Fsp3) is 0.770. The summed E-state index contributed by atoms with van der Waals surface area (Å²) in [5, 5.41) is 0. The van der Waals surface area contributed by atoms with E-state index >= 15 is 0 Å². The van der Waals surface area contributed by atoms with Crippen molar-refractivity contribution in [2.45, 2.75) is 354 Å². The molecule has 0 saturated heterocycles. The molecule has 0 aliphatic rings. The molecule has 0 radical (unpaired) electrons. The van der Waals surface area contributed by atoms with Gasteiger partial charge >= 0.3 is 17.9 Å². The Morgan fingerprint density at radius 1 is 0.250 bits per heavy atom. The van der Waals surface area contributed by atoms with Gasteiger partial charge in [-0.15, -0.1) is 0 Å². The zero-order chi connectivity index (χ0) is 57.8. The van der Waals surface area contributed by atoms with Crippen molar-refractivity contribution in [1.82, 2.24) is 0 Å². The molecule has 0 spiro atoms. The van der Waals surface area contributed by atoms with Crippen LogP contribution in [0.2, 0.25) is 0 Å². The molecule has 0 heterocycles. The first-order valence-electron chi connectivity index (χ1n) is 34.6. The lowest BCUT2D eigenvalue weighted by molar-refractivity contribution is -0.167. The van der Waals surface area contributed by atoms with Gasteiger partial charge in [0, 0.05) is 19.3 Å². The summed E-state index contributed by atoms with van der Waals surface area (Å²) in [6.45, 7) is 6.58. The Bertz CT molecular complexity index is 1520. The van der Waals surface area contributed by atoms with Crippen molar-refractivity contribution < 1.29 is 28.6 Å². The molecular formula is C74H130O6. The third kappa shape index (κ3) is 65.4. The Labute approximate surface area is 496 Å². The number of carbonyl (C=O) groups is 3. The molecule has 0 N–H and O–H groups in total. The van der Waals surface area contributed by atoms with Crippen molar-refractivity contribution in [1.29, 1.82) is 0 Å². The smallest absolute Gasteiger partial charge is 0.306 e. The van der Waals surface area contributed by atoms with Crippen LogP contribution in [0.5, 0.6) is 0 Å². The normalized spacial score (nSPS) is 12.6. The van der Waals surface area contributed by atoms with Gasteiger partial charge in [-0.2, -0.15) is 0 Å². The third-order valence-electron chi connectivity index (χ3n) is 15.1. The van der Waals surface area contributed by atoms with Crippen LogP contribution in [-0.4, -0.2) is 37.2 Å². The van der Waals surface area contributed by atoms with E-state index in [1.165, 1.54) is 205 Å². The Kier molecular flexibility index (Phi) is 65.2. The number of hydrogen-bond acceptors (Lipinski definition) is 6. The fourth-order valence-corrected chi connectivity index (χ4v) is 9.87. The summed E-state index contributed by atoms with van der Waals surface area (Å²) < 4.78 is 16.9. The molecule has 6 heteroatoms. The minimum Gasteiger partial charge on any atom is -0.462 e. The monoisotopic (exact) mass is 1110 g/mol. The number of carbonyl (C=O) groups excluding carboxylic acids is 3. The Balaban J connectivity index is 4.20. The molecule has 0 saturated carbocycles. The predicted molar refractivity (Wildman–Crippen MR) is 348 cm³/mol. The first-order valence-corrected chi connectivity index (χ1v) is 34.6. The molecule has 6 nitrogen and oxygen atoms in total. The number of esters is 3. The van der Waals surface area contributed by atoms with E-state index in [1.54, 1.807) is 0 Å². The third-order valence-corrected chi connectivity index (χ3v) is 15.1. The molecule has 1 atom stereocenters. The SMILES string of the molecule is CCC/C=C\CCCCCCCC(=O)OCC(COC(=O)CCCCCCCCCCCCCCCC/C=C\C/C=C\C/C=C\CCCCCCC)OC(=O)CCCCCCCCCC/C=C\C/C=C\C/C=C\CCCCCCC. The van der Waals surface area contributed by atoms with Gasteiger partial charge in [0.25, 0.3) is 0 Å². The van der Waals surface area contributed by atoms with E-state index < -0.39 is 6.10 Å². The van der Waals surface area contributed by atoms with Crippen LogP contribution < -0.4 is 0 Å². The van der Waals surface area contributed by atoms with Crippen molar-refractivity contribution in [3.05, 3.63) is 85.1 Å². The second-order valence-corrected chi connectivity index (χ2v) is 23.1. The average Bonchev–Trinajstić information content (AvgIpc) is 3.46. The molecule has 0 aromatic carbocycles. The number of ether oxygens (including phenoxy) is 3. The molecule has 80 heavy (non-hydrogen) atoms. The quantitative estimate of drug-likeness (QED) is 0.0261. The lowest BCUT2D eigenvalue weighted by Crippen LogP contribution is -2.30. The second-order valence-electron chi connectivity index (χ2n) is 23.1. The molecule has 0 rings (SSSR count). The van der Waals surface area contributed by atoms with Crippen molar-refractivity contribution >= 4 is 17.9 Å². The maximum Gasteiger partial charge on any atom is 0.306 e. The fourth-order valence-electron chi connectivity index (χ4n) is 9.87. The highest BCUT2D eigenvalue weighted by atomic mass is 16.6. The molecule has 0 aromatic heterocycles. The topological polar surface area (TPSA) is 78.9 Å². The molecule has 462 valence electrons. The number of hydrogen-bond donors (Lipinski definition) is 0. The zero-order valence-corrected chi connectivity index (χ0v) is 53.1. The van der Waals surface area contributed by atoms with Crippen LogP contribution in [0.15, 0.2) is 85.1 Å². The summed E-state index contributed by atoms with van der Waals surface area (Å²) in [6.07, 6.45) is 90.4. The van der Waals surface area contributed by atoms with Gasteiger partial charge in [-0.05, 0) is 116 Å². The van der Waals surface area contributed by atoms with E-state index in [-0.39, 0.29) is 31.1 Å². The summed E-state index contributed by atoms with van der Waals surface area (Å²) in [7, 11) is 0. The Hall–Kier alpha value is -3.41. The predicted octanol–water partition coefficient (Wildman–Crippen LogP) is 23.8. The summed E-state index contributed by atoms with van der Waals surface area (Å²) in [6, 6.07) is 0. The van der Waals surface area contributed by atoms with Crippen LogP contribution in [0.25, 0.3) is 0 Å². The largest absolute Gasteiger partial charge is 0.462 e. The maximum atomic E-state index is 12.9. The highest BCUT2D eigenvalue weighted by molar-refractivity contribution is 5.71. The Morgan fingerprint density at radius 2 is 0.475 bits per heavy atom. The van der Waals surface area contributed by atoms with Gasteiger partial charge in [0.05, 0.1) is 0 Å². The highest BCUT2D eigenvalue weighted by Crippen LogP contribution is 2.17. The highest BCUT2D eigenvalue weighted by Gasteiger charge is 2.19. The van der Waals surface area contributed by atoms with Crippen molar-refractivity contribution in [3.63, 3.8) is 0 Å². The first-order chi connectivity index (χ1) is 39.5. The van der Waals surface area contributed by atoms with E-state index in [0.717, 1.165) is 103 Å². The molecule has 0 aliphatic carbocycles. The van der Waals surface area contributed by atoms with E-state index in [9.17, 15) is 14.4 Å². The van der Waals surface area contributed by atoms with E-state index in [1.807, 2.05) is 0 Å². The summed E-state index contributed by atoms with van der Waals surface area (Å²) in [4.78, 5) is 38.3. The van der Waals surface area contributed by atoms with Gasteiger partial charge in [0.2, 0.25) is 0 Å². The van der Waals surface area contributed by atoms with E-state index in [4.69, 9.17) is 14.2 Å². The van der Waals surface area contributed by atoms with Crippen LogP contribution in [0.1, 0.15) is 348 Å². The number of allylic oxidation sites excluding steroid dienone is 14. The zero-order valence-electron chi connectivity index (χ0n) is 53.1. The first kappa shape index (κ1) is 76.6. The summed E-state index contributed by atoms with van der Waals surface area (Å²) in [5.74, 6) is -0.886. The molecule has 0 fully saturated rings. The minimum absolute atomic E-state index is 0.0808. The second kappa shape index (κ2) is 68.1.